The minimum absolute atomic E-state index is 1.07. The fourth-order valence-electron chi connectivity index (χ4n) is 1.69. The Morgan fingerprint density at radius 2 is 2.00 bits per heavy atom. The van der Waals surface area contributed by atoms with Crippen LogP contribution in [0.25, 0.3) is 0 Å². The quantitative estimate of drug-likeness (QED) is 0.565. The van der Waals surface area contributed by atoms with Crippen LogP contribution in [0.15, 0.2) is 0 Å². The van der Waals surface area contributed by atoms with Crippen molar-refractivity contribution >= 4 is 0 Å². The van der Waals surface area contributed by atoms with Crippen LogP contribution in [0.5, 0.6) is 0 Å². The summed E-state index contributed by atoms with van der Waals surface area (Å²) < 4.78 is 0. The molecule has 0 unspecified atom stereocenters. The zero-order chi connectivity index (χ0) is 6.53. The molecule has 0 radical (unpaired) electrons. The topological polar surface area (TPSA) is 16.6 Å². The molecule has 0 aromatic rings. The molecule has 0 amide bonds. The van der Waals surface area contributed by atoms with Gasteiger partial charge in [0.25, 0.3) is 0 Å². The molecule has 2 N–H and O–H groups in total. The second kappa shape index (κ2) is 3.89. The molecule has 1 heterocycles. The highest BCUT2D eigenvalue weighted by Gasteiger charge is 2.13. The molecule has 1 fully saturated rings. The van der Waals surface area contributed by atoms with E-state index < -0.39 is 0 Å². The van der Waals surface area contributed by atoms with Crippen molar-refractivity contribution in [2.24, 2.45) is 5.92 Å². The van der Waals surface area contributed by atoms with Gasteiger partial charge in [0.15, 0.2) is 0 Å². The predicted molar refractivity (Wildman–Crippen MR) is 39.3 cm³/mol. The molecule has 0 atom stereocenters. The van der Waals surface area contributed by atoms with Crippen LogP contribution in [0, 0.1) is 5.92 Å². The summed E-state index contributed by atoms with van der Waals surface area (Å²) in [4.78, 5) is 0. The fraction of sp³-hybridized carbons (Fsp3) is 1.00. The van der Waals surface area contributed by atoms with Crippen molar-refractivity contribution in [2.75, 3.05) is 13.1 Å². The Bertz CT molecular complexity index is 62.2. The molecule has 0 aromatic heterocycles. The normalized spacial score (nSPS) is 22.3. The molecule has 0 saturated carbocycles. The molecule has 1 rings (SSSR count). The lowest BCUT2D eigenvalue weighted by atomic mass is 9.94. The second-order valence-corrected chi connectivity index (χ2v) is 3.10. The van der Waals surface area contributed by atoms with Crippen LogP contribution in [0.3, 0.4) is 0 Å². The van der Waals surface area contributed by atoms with Gasteiger partial charge in [0.1, 0.15) is 0 Å². The third-order valence-corrected chi connectivity index (χ3v) is 2.26. The van der Waals surface area contributed by atoms with Crippen LogP contribution >= 0.6 is 0 Å². The van der Waals surface area contributed by atoms with Gasteiger partial charge < -0.3 is 5.32 Å². The van der Waals surface area contributed by atoms with Gasteiger partial charge in [-0.3, -0.25) is 0 Å². The third kappa shape index (κ3) is 2.35. The maximum Gasteiger partial charge on any atom is 0.0758 e. The van der Waals surface area contributed by atoms with E-state index in [4.69, 9.17) is 0 Å². The van der Waals surface area contributed by atoms with Crippen molar-refractivity contribution in [3.8, 4) is 0 Å². The van der Waals surface area contributed by atoms with E-state index in [0.717, 1.165) is 5.92 Å². The molecule has 1 heteroatoms. The van der Waals surface area contributed by atoms with Gasteiger partial charge in [-0.05, 0) is 18.8 Å². The maximum atomic E-state index is 2.44. The highest BCUT2D eigenvalue weighted by Crippen LogP contribution is 2.14. The van der Waals surface area contributed by atoms with Crippen LogP contribution in [0.4, 0.5) is 0 Å². The van der Waals surface area contributed by atoms with E-state index in [1.54, 1.807) is 0 Å². The monoisotopic (exact) mass is 128 g/mol. The molecular formula is C8H18N+. The average Bonchev–Trinajstić information content (AvgIpc) is 1.91. The third-order valence-electron chi connectivity index (χ3n) is 2.26. The first-order valence-corrected chi connectivity index (χ1v) is 4.25. The molecule has 1 nitrogen and oxygen atoms in total. The van der Waals surface area contributed by atoms with Crippen molar-refractivity contribution < 1.29 is 5.32 Å². The molecule has 0 bridgehead atoms. The predicted octanol–water partition coefficient (Wildman–Crippen LogP) is 0.760. The molecule has 1 saturated heterocycles. The van der Waals surface area contributed by atoms with E-state index in [2.05, 4.69) is 12.2 Å². The number of piperidine rings is 1. The Labute approximate surface area is 57.8 Å². The van der Waals surface area contributed by atoms with Gasteiger partial charge in [0.05, 0.1) is 13.1 Å². The van der Waals surface area contributed by atoms with Crippen molar-refractivity contribution in [1.29, 1.82) is 0 Å². The summed E-state index contributed by atoms with van der Waals surface area (Å²) >= 11 is 0. The molecule has 54 valence electrons. The van der Waals surface area contributed by atoms with Crippen LogP contribution in [-0.4, -0.2) is 13.1 Å². The van der Waals surface area contributed by atoms with Gasteiger partial charge in [-0.1, -0.05) is 19.8 Å². The first-order chi connectivity index (χ1) is 4.43. The maximum absolute atomic E-state index is 2.44. The van der Waals surface area contributed by atoms with Crippen molar-refractivity contribution in [3.05, 3.63) is 0 Å². The zero-order valence-corrected chi connectivity index (χ0v) is 6.40. The summed E-state index contributed by atoms with van der Waals surface area (Å²) in [7, 11) is 0. The lowest BCUT2D eigenvalue weighted by molar-refractivity contribution is -0.664. The molecule has 1 aliphatic heterocycles. The van der Waals surface area contributed by atoms with Crippen molar-refractivity contribution in [3.63, 3.8) is 0 Å². The Balaban J connectivity index is 2.08. The highest BCUT2D eigenvalue weighted by molar-refractivity contribution is 4.59. The molecule has 1 aliphatic rings. The van der Waals surface area contributed by atoms with E-state index in [0.29, 0.717) is 0 Å². The molecule has 0 aliphatic carbocycles. The van der Waals surface area contributed by atoms with E-state index in [-0.39, 0.29) is 0 Å². The molecule has 0 aromatic carbocycles. The van der Waals surface area contributed by atoms with Crippen LogP contribution in [0.1, 0.15) is 32.6 Å². The summed E-state index contributed by atoms with van der Waals surface area (Å²) in [5.41, 5.74) is 0. The minimum Gasteiger partial charge on any atom is -0.346 e. The van der Waals surface area contributed by atoms with E-state index in [1.165, 1.54) is 38.8 Å². The summed E-state index contributed by atoms with van der Waals surface area (Å²) in [6.07, 6.45) is 5.78. The molecule has 0 spiro atoms. The Hall–Kier alpha value is -0.0400. The number of rotatable bonds is 2. The zero-order valence-electron chi connectivity index (χ0n) is 6.40. The summed E-state index contributed by atoms with van der Waals surface area (Å²) in [5, 5.41) is 2.44. The standard InChI is InChI=1S/C8H17N/c1-2-3-8-4-6-9-7-5-8/h8-9H,2-7H2,1H3/p+1. The van der Waals surface area contributed by atoms with Gasteiger partial charge in [0, 0.05) is 0 Å². The highest BCUT2D eigenvalue weighted by atomic mass is 14.9. The number of hydrogen-bond acceptors (Lipinski definition) is 0. The first-order valence-electron chi connectivity index (χ1n) is 4.25. The first kappa shape index (κ1) is 7.07. The van der Waals surface area contributed by atoms with Gasteiger partial charge in [-0.25, -0.2) is 0 Å². The number of nitrogens with two attached hydrogens (primary N) is 1. The van der Waals surface area contributed by atoms with Crippen LogP contribution in [0.2, 0.25) is 0 Å². The van der Waals surface area contributed by atoms with Crippen LogP contribution < -0.4 is 5.32 Å². The number of quaternary nitrogens is 1. The second-order valence-electron chi connectivity index (χ2n) is 3.10. The van der Waals surface area contributed by atoms with Gasteiger partial charge in [0.2, 0.25) is 0 Å². The largest absolute Gasteiger partial charge is 0.346 e. The van der Waals surface area contributed by atoms with Gasteiger partial charge >= 0.3 is 0 Å². The van der Waals surface area contributed by atoms with Crippen molar-refractivity contribution in [1.82, 2.24) is 0 Å². The average molecular weight is 128 g/mol. The molecular weight excluding hydrogens is 110 g/mol. The van der Waals surface area contributed by atoms with Gasteiger partial charge in [-0.2, -0.15) is 0 Å². The van der Waals surface area contributed by atoms with E-state index in [9.17, 15) is 0 Å². The summed E-state index contributed by atoms with van der Waals surface area (Å²) in [6.45, 7) is 5.05. The number of hydrogen-bond donors (Lipinski definition) is 1. The Kier molecular flexibility index (Phi) is 3.05. The Morgan fingerprint density at radius 1 is 1.33 bits per heavy atom. The smallest absolute Gasteiger partial charge is 0.0758 e. The van der Waals surface area contributed by atoms with Crippen molar-refractivity contribution in [2.45, 2.75) is 32.6 Å². The molecule has 9 heavy (non-hydrogen) atoms. The summed E-state index contributed by atoms with van der Waals surface area (Å²) in [5.74, 6) is 1.07. The minimum atomic E-state index is 1.07. The SMILES string of the molecule is CCCC1CC[NH2+]CC1. The van der Waals surface area contributed by atoms with E-state index in [1.807, 2.05) is 0 Å². The fourth-order valence-corrected chi connectivity index (χ4v) is 1.69. The lowest BCUT2D eigenvalue weighted by Gasteiger charge is -2.18. The van der Waals surface area contributed by atoms with E-state index >= 15 is 0 Å². The van der Waals surface area contributed by atoms with Gasteiger partial charge in [-0.15, -0.1) is 0 Å². The van der Waals surface area contributed by atoms with Crippen LogP contribution in [-0.2, 0) is 0 Å². The summed E-state index contributed by atoms with van der Waals surface area (Å²) in [6, 6.07) is 0. The lowest BCUT2D eigenvalue weighted by Crippen LogP contribution is -2.86. The Morgan fingerprint density at radius 3 is 2.56 bits per heavy atom.